The smallest absolute Gasteiger partial charge is 0.408 e. The van der Waals surface area contributed by atoms with Crippen LogP contribution in [0.5, 0.6) is 11.5 Å². The number of benzene rings is 3. The van der Waals surface area contributed by atoms with E-state index >= 15 is 0 Å². The molecule has 284 valence electrons. The lowest BCUT2D eigenvalue weighted by atomic mass is 9.84. The molecule has 1 unspecified atom stereocenters. The van der Waals surface area contributed by atoms with Gasteiger partial charge in [0.1, 0.15) is 11.5 Å². The van der Waals surface area contributed by atoms with Crippen molar-refractivity contribution in [2.75, 3.05) is 39.3 Å². The van der Waals surface area contributed by atoms with Gasteiger partial charge in [-0.2, -0.15) is 0 Å². The number of nitrogens with one attached hydrogen (secondary N) is 3. The fraction of sp³-hybridized carbons (Fsp3) is 0.463. The highest BCUT2D eigenvalue weighted by molar-refractivity contribution is 5.87. The molecule has 3 aliphatic heterocycles. The minimum atomic E-state index is -1.00. The summed E-state index contributed by atoms with van der Waals surface area (Å²) in [5.74, 6) is -0.970. The van der Waals surface area contributed by atoms with Crippen molar-refractivity contribution < 1.29 is 33.3 Å². The van der Waals surface area contributed by atoms with Gasteiger partial charge in [0.05, 0.1) is 18.2 Å². The lowest BCUT2D eigenvalue weighted by Gasteiger charge is -2.44. The van der Waals surface area contributed by atoms with Gasteiger partial charge in [-0.15, -0.1) is 0 Å². The summed E-state index contributed by atoms with van der Waals surface area (Å²) in [5.41, 5.74) is 1.61. The summed E-state index contributed by atoms with van der Waals surface area (Å²) in [4.78, 5) is 29.7. The summed E-state index contributed by atoms with van der Waals surface area (Å²) in [6, 6.07) is 16.9. The number of phenols is 1. The molecule has 3 fully saturated rings. The van der Waals surface area contributed by atoms with Crippen molar-refractivity contribution in [2.45, 2.75) is 76.0 Å². The number of hydrogen-bond acceptors (Lipinski definition) is 8. The molecule has 3 aromatic carbocycles. The van der Waals surface area contributed by atoms with E-state index in [1.54, 1.807) is 30.3 Å². The molecular formula is C41H50F2N4O6. The van der Waals surface area contributed by atoms with Crippen LogP contribution >= 0.6 is 0 Å². The molecule has 3 atom stereocenters. The molecule has 53 heavy (non-hydrogen) atoms. The zero-order valence-corrected chi connectivity index (χ0v) is 30.0. The Morgan fingerprint density at radius 2 is 1.66 bits per heavy atom. The largest absolute Gasteiger partial charge is 0.506 e. The number of ether oxygens (including phenoxy) is 2. The lowest BCUT2D eigenvalue weighted by Crippen LogP contribution is -2.57. The number of unbranched alkanes of at least 4 members (excludes halogenated alkanes) is 6. The molecule has 12 heteroatoms. The normalized spacial score (nSPS) is 19.2. The minimum absolute atomic E-state index is 0.00326. The van der Waals surface area contributed by atoms with Gasteiger partial charge in [0.25, 0.3) is 0 Å². The molecule has 1 amide bonds. The zero-order valence-electron chi connectivity index (χ0n) is 30.0. The van der Waals surface area contributed by atoms with Crippen LogP contribution in [0.1, 0.15) is 86.7 Å². The van der Waals surface area contributed by atoms with Gasteiger partial charge >= 0.3 is 6.09 Å². The molecule has 0 saturated carbocycles. The van der Waals surface area contributed by atoms with Crippen molar-refractivity contribution in [1.82, 2.24) is 20.5 Å². The van der Waals surface area contributed by atoms with Crippen molar-refractivity contribution in [2.24, 2.45) is 5.92 Å². The zero-order chi connectivity index (χ0) is 37.2. The maximum atomic E-state index is 14.3. The van der Waals surface area contributed by atoms with E-state index in [9.17, 15) is 28.6 Å². The summed E-state index contributed by atoms with van der Waals surface area (Å²) in [6.07, 6.45) is 7.08. The number of rotatable bonds is 18. The van der Waals surface area contributed by atoms with Gasteiger partial charge in [0.15, 0.2) is 17.7 Å². The first-order valence-corrected chi connectivity index (χ1v) is 18.9. The quantitative estimate of drug-likeness (QED) is 0.0701. The average Bonchev–Trinajstić information content (AvgIpc) is 3.16. The summed E-state index contributed by atoms with van der Waals surface area (Å²) >= 11 is 0. The molecular weight excluding hydrogens is 682 g/mol. The van der Waals surface area contributed by atoms with Gasteiger partial charge in [-0.05, 0) is 93.2 Å². The number of fused-ring (bicyclic) bond motifs is 4. The van der Waals surface area contributed by atoms with E-state index in [4.69, 9.17) is 9.47 Å². The Labute approximate surface area is 308 Å². The predicted octanol–water partition coefficient (Wildman–Crippen LogP) is 6.85. The highest BCUT2D eigenvalue weighted by Gasteiger charge is 2.35. The maximum absolute atomic E-state index is 14.3. The van der Waals surface area contributed by atoms with Crippen LogP contribution in [0.2, 0.25) is 0 Å². The number of amides is 1. The van der Waals surface area contributed by atoms with E-state index in [0.717, 1.165) is 96.1 Å². The number of phenolic OH excluding ortho intramolecular Hbond substituents is 1. The third-order valence-electron chi connectivity index (χ3n) is 10.5. The molecule has 2 bridgehead atoms. The molecule has 4 heterocycles. The number of carbonyl (C=O) groups is 1. The third kappa shape index (κ3) is 10.3. The standard InChI is InChI=1S/C41H50F2N4O6/c42-33-14-11-29(24-34(33)43)40(53-41(51)45-35-26-47-20-17-27(35)18-21-47)28-9-8-10-30(23-28)52-22-7-5-3-1-2-4-6-19-44-25-37(49)31-12-15-36(48)39-32(31)13-16-38(50)46-39/h8-16,23-24,27,35,37,40,44,48-49H,1-7,17-22,25-26H2,(H,45,51)(H,46,50)/t35-,37-,40?/m0/s1. The Kier molecular flexibility index (Phi) is 13.3. The number of H-pyrrole nitrogens is 1. The first kappa shape index (κ1) is 38.2. The molecule has 1 aromatic heterocycles. The van der Waals surface area contributed by atoms with Crippen LogP contribution in [0.3, 0.4) is 0 Å². The van der Waals surface area contributed by atoms with Crippen molar-refractivity contribution >= 4 is 17.0 Å². The van der Waals surface area contributed by atoms with Crippen LogP contribution < -0.4 is 20.9 Å². The summed E-state index contributed by atoms with van der Waals surface area (Å²) in [6.45, 7) is 4.56. The molecule has 3 aliphatic rings. The number of aromatic hydroxyl groups is 1. The van der Waals surface area contributed by atoms with Crippen LogP contribution in [-0.2, 0) is 4.74 Å². The molecule has 10 nitrogen and oxygen atoms in total. The molecule has 5 N–H and O–H groups in total. The van der Waals surface area contributed by atoms with Crippen molar-refractivity contribution in [1.29, 1.82) is 0 Å². The fourth-order valence-electron chi connectivity index (χ4n) is 7.52. The SMILES string of the molecule is O=C(N[C@H]1CN2CCC1CC2)OC(c1cccc(OCCCCCCCCCNC[C@H](O)c2ccc(O)c3[nH]c(=O)ccc23)c1)c1ccc(F)c(F)c1. The van der Waals surface area contributed by atoms with Crippen LogP contribution in [0.25, 0.3) is 10.9 Å². The third-order valence-corrected chi connectivity index (χ3v) is 10.5. The molecule has 7 rings (SSSR count). The number of carbonyl (C=O) groups excluding carboxylic acids is 1. The van der Waals surface area contributed by atoms with E-state index in [0.29, 0.717) is 52.4 Å². The first-order valence-electron chi connectivity index (χ1n) is 18.9. The first-order chi connectivity index (χ1) is 25.7. The second-order valence-electron chi connectivity index (χ2n) is 14.2. The average molecular weight is 733 g/mol. The number of hydrogen-bond donors (Lipinski definition) is 5. The fourth-order valence-corrected chi connectivity index (χ4v) is 7.52. The Morgan fingerprint density at radius 3 is 2.42 bits per heavy atom. The molecule has 3 saturated heterocycles. The van der Waals surface area contributed by atoms with Gasteiger partial charge in [0, 0.05) is 41.7 Å². The van der Waals surface area contributed by atoms with E-state index < -0.39 is 29.9 Å². The topological polar surface area (TPSA) is 136 Å². The highest BCUT2D eigenvalue weighted by Crippen LogP contribution is 2.32. The molecule has 0 spiro atoms. The number of piperidine rings is 3. The maximum Gasteiger partial charge on any atom is 0.408 e. The summed E-state index contributed by atoms with van der Waals surface area (Å²) < 4.78 is 40.0. The van der Waals surface area contributed by atoms with Crippen molar-refractivity contribution in [3.05, 3.63) is 105 Å². The van der Waals surface area contributed by atoms with Gasteiger partial charge in [-0.25, -0.2) is 13.6 Å². The Bertz CT molecular complexity index is 1880. The van der Waals surface area contributed by atoms with E-state index in [1.807, 2.05) is 6.07 Å². The number of halogens is 2. The van der Waals surface area contributed by atoms with Crippen LogP contribution in [0, 0.1) is 17.6 Å². The second kappa shape index (κ2) is 18.5. The lowest BCUT2D eigenvalue weighted by molar-refractivity contribution is 0.0592. The van der Waals surface area contributed by atoms with Crippen molar-refractivity contribution in [3.8, 4) is 11.5 Å². The molecule has 0 radical (unpaired) electrons. The Balaban J connectivity index is 0.885. The Morgan fingerprint density at radius 1 is 0.906 bits per heavy atom. The molecule has 0 aliphatic carbocycles. The Hall–Kier alpha value is -4.52. The monoisotopic (exact) mass is 732 g/mol. The van der Waals surface area contributed by atoms with Gasteiger partial charge in [-0.3, -0.25) is 4.79 Å². The van der Waals surface area contributed by atoms with Crippen LogP contribution in [0.4, 0.5) is 13.6 Å². The molecule has 4 aromatic rings. The predicted molar refractivity (Wildman–Crippen MR) is 199 cm³/mol. The van der Waals surface area contributed by atoms with Gasteiger partial charge in [-0.1, -0.05) is 56.4 Å². The number of aliphatic hydroxyl groups is 1. The van der Waals surface area contributed by atoms with E-state index in [-0.39, 0.29) is 17.4 Å². The van der Waals surface area contributed by atoms with E-state index in [1.165, 1.54) is 18.2 Å². The minimum Gasteiger partial charge on any atom is -0.506 e. The number of alkyl carbamates (subject to hydrolysis) is 1. The number of pyridine rings is 1. The van der Waals surface area contributed by atoms with Crippen LogP contribution in [0.15, 0.2) is 71.5 Å². The number of aliphatic hydroxyl groups excluding tert-OH is 1. The van der Waals surface area contributed by atoms with Gasteiger partial charge in [0.2, 0.25) is 5.56 Å². The summed E-state index contributed by atoms with van der Waals surface area (Å²) in [7, 11) is 0. The van der Waals surface area contributed by atoms with Crippen LogP contribution in [-0.4, -0.2) is 71.6 Å². The number of aromatic nitrogens is 1. The summed E-state index contributed by atoms with van der Waals surface area (Å²) in [5, 5.41) is 27.7. The number of nitrogens with zero attached hydrogens (tertiary/aromatic N) is 1. The van der Waals surface area contributed by atoms with E-state index in [2.05, 4.69) is 20.5 Å². The number of aromatic amines is 1. The van der Waals surface area contributed by atoms with Gasteiger partial charge < -0.3 is 40.2 Å². The highest BCUT2D eigenvalue weighted by atomic mass is 19.2. The second-order valence-corrected chi connectivity index (χ2v) is 14.2. The van der Waals surface area contributed by atoms with Crippen molar-refractivity contribution in [3.63, 3.8) is 0 Å².